The van der Waals surface area contributed by atoms with E-state index < -0.39 is 0 Å². The van der Waals surface area contributed by atoms with E-state index in [4.69, 9.17) is 11.6 Å². The van der Waals surface area contributed by atoms with E-state index in [2.05, 4.69) is 31.2 Å². The van der Waals surface area contributed by atoms with Crippen molar-refractivity contribution in [3.63, 3.8) is 0 Å². The van der Waals surface area contributed by atoms with Crippen LogP contribution in [0.3, 0.4) is 0 Å². The first kappa shape index (κ1) is 17.9. The molecule has 136 valence electrons. The first-order chi connectivity index (χ1) is 13.1. The average Bonchev–Trinajstić information content (AvgIpc) is 2.68. The van der Waals surface area contributed by atoms with Crippen LogP contribution in [0.1, 0.15) is 11.3 Å². The third-order valence-corrected chi connectivity index (χ3v) is 5.14. The lowest BCUT2D eigenvalue weighted by atomic mass is 10.1. The summed E-state index contributed by atoms with van der Waals surface area (Å²) in [5.74, 6) is 0.678. The number of aromatic nitrogens is 2. The molecule has 0 radical (unpaired) electrons. The van der Waals surface area contributed by atoms with Gasteiger partial charge in [-0.2, -0.15) is 0 Å². The van der Waals surface area contributed by atoms with E-state index in [-0.39, 0.29) is 6.03 Å². The molecule has 2 aromatic carbocycles. The van der Waals surface area contributed by atoms with Crippen molar-refractivity contribution >= 4 is 39.2 Å². The predicted octanol–water partition coefficient (Wildman–Crippen LogP) is 5.15. The Morgan fingerprint density at radius 1 is 1.19 bits per heavy atom. The molecule has 0 unspecified atom stereocenters. The first-order valence-electron chi connectivity index (χ1n) is 8.51. The number of carbonyl (C=O) groups excluding carboxylic acids is 1. The van der Waals surface area contributed by atoms with Gasteiger partial charge in [0.15, 0.2) is 5.82 Å². The average molecular weight is 444 g/mol. The minimum atomic E-state index is -0.125. The van der Waals surface area contributed by atoms with E-state index in [0.717, 1.165) is 27.0 Å². The van der Waals surface area contributed by atoms with Gasteiger partial charge in [0.05, 0.1) is 12.2 Å². The molecule has 0 aliphatic carbocycles. The lowest BCUT2D eigenvalue weighted by Gasteiger charge is -2.28. The van der Waals surface area contributed by atoms with E-state index in [9.17, 15) is 4.79 Å². The molecular weight excluding hydrogens is 428 g/mol. The van der Waals surface area contributed by atoms with Gasteiger partial charge in [0, 0.05) is 45.5 Å². The van der Waals surface area contributed by atoms with Crippen LogP contribution in [-0.2, 0) is 13.0 Å². The van der Waals surface area contributed by atoms with Gasteiger partial charge in [-0.3, -0.25) is 0 Å². The summed E-state index contributed by atoms with van der Waals surface area (Å²) in [5.41, 5.74) is 3.65. The largest absolute Gasteiger partial charge is 0.322 e. The van der Waals surface area contributed by atoms with E-state index in [1.165, 1.54) is 0 Å². The number of rotatable bonds is 2. The lowest BCUT2D eigenvalue weighted by Crippen LogP contribution is -2.39. The fourth-order valence-corrected chi connectivity index (χ4v) is 3.52. The molecule has 0 fully saturated rings. The summed E-state index contributed by atoms with van der Waals surface area (Å²) in [6, 6.07) is 14.9. The molecule has 5 nitrogen and oxygen atoms in total. The standard InChI is InChI=1S/C20H16BrClN4O/c21-15-2-1-3-17(10-15)24-20(27)26-9-8-18-14(12-26)11-23-19(25-18)13-4-6-16(22)7-5-13/h1-7,10-11H,8-9,12H2,(H,24,27). The second-order valence-corrected chi connectivity index (χ2v) is 7.64. The molecule has 1 aliphatic rings. The summed E-state index contributed by atoms with van der Waals surface area (Å²) in [6.45, 7) is 1.11. The number of carbonyl (C=O) groups is 1. The molecular formula is C20H16BrClN4O. The highest BCUT2D eigenvalue weighted by molar-refractivity contribution is 9.10. The maximum Gasteiger partial charge on any atom is 0.322 e. The van der Waals surface area contributed by atoms with Crippen molar-refractivity contribution in [1.82, 2.24) is 14.9 Å². The van der Waals surface area contributed by atoms with Crippen molar-refractivity contribution < 1.29 is 4.79 Å². The molecule has 0 atom stereocenters. The van der Waals surface area contributed by atoms with Crippen LogP contribution >= 0.6 is 27.5 Å². The zero-order chi connectivity index (χ0) is 18.8. The summed E-state index contributed by atoms with van der Waals surface area (Å²) in [4.78, 5) is 23.5. The molecule has 2 heterocycles. The van der Waals surface area contributed by atoms with Crippen LogP contribution in [0.2, 0.25) is 5.02 Å². The molecule has 2 amide bonds. The Kier molecular flexibility index (Phi) is 5.09. The summed E-state index contributed by atoms with van der Waals surface area (Å²) in [6.07, 6.45) is 2.51. The van der Waals surface area contributed by atoms with E-state index in [1.807, 2.05) is 54.7 Å². The van der Waals surface area contributed by atoms with Crippen LogP contribution in [0.25, 0.3) is 11.4 Å². The third kappa shape index (κ3) is 4.12. The highest BCUT2D eigenvalue weighted by Gasteiger charge is 2.22. The molecule has 4 rings (SSSR count). The zero-order valence-corrected chi connectivity index (χ0v) is 16.7. The van der Waals surface area contributed by atoms with Gasteiger partial charge in [-0.15, -0.1) is 0 Å². The smallest absolute Gasteiger partial charge is 0.320 e. The second kappa shape index (κ2) is 7.66. The monoisotopic (exact) mass is 442 g/mol. The van der Waals surface area contributed by atoms with E-state index in [0.29, 0.717) is 30.4 Å². The number of benzene rings is 2. The van der Waals surface area contributed by atoms with E-state index in [1.54, 1.807) is 4.90 Å². The third-order valence-electron chi connectivity index (χ3n) is 4.40. The summed E-state index contributed by atoms with van der Waals surface area (Å²) < 4.78 is 0.924. The van der Waals surface area contributed by atoms with Crippen molar-refractivity contribution in [1.29, 1.82) is 0 Å². The van der Waals surface area contributed by atoms with Gasteiger partial charge in [0.2, 0.25) is 0 Å². The Bertz CT molecular complexity index is 994. The van der Waals surface area contributed by atoms with Gasteiger partial charge >= 0.3 is 6.03 Å². The lowest BCUT2D eigenvalue weighted by molar-refractivity contribution is 0.206. The molecule has 1 aliphatic heterocycles. The predicted molar refractivity (Wildman–Crippen MR) is 110 cm³/mol. The van der Waals surface area contributed by atoms with Gasteiger partial charge in [-0.25, -0.2) is 14.8 Å². The molecule has 0 saturated heterocycles. The summed E-state index contributed by atoms with van der Waals surface area (Å²) in [7, 11) is 0. The Morgan fingerprint density at radius 2 is 2.00 bits per heavy atom. The number of amides is 2. The SMILES string of the molecule is O=C(Nc1cccc(Br)c1)N1CCc2nc(-c3ccc(Cl)cc3)ncc2C1. The number of urea groups is 1. The number of nitrogens with zero attached hydrogens (tertiary/aromatic N) is 3. The van der Waals surface area contributed by atoms with Gasteiger partial charge in [0.25, 0.3) is 0 Å². The summed E-state index contributed by atoms with van der Waals surface area (Å²) >= 11 is 9.35. The molecule has 0 spiro atoms. The fraction of sp³-hybridized carbons (Fsp3) is 0.150. The summed E-state index contributed by atoms with van der Waals surface area (Å²) in [5, 5.41) is 3.61. The highest BCUT2D eigenvalue weighted by Crippen LogP contribution is 2.23. The van der Waals surface area contributed by atoms with Crippen LogP contribution in [0.5, 0.6) is 0 Å². The molecule has 27 heavy (non-hydrogen) atoms. The zero-order valence-electron chi connectivity index (χ0n) is 14.3. The minimum Gasteiger partial charge on any atom is -0.320 e. The van der Waals surface area contributed by atoms with Crippen LogP contribution in [0.4, 0.5) is 10.5 Å². The van der Waals surface area contributed by atoms with Crippen molar-refractivity contribution in [2.45, 2.75) is 13.0 Å². The number of halogens is 2. The van der Waals surface area contributed by atoms with Crippen LogP contribution in [0.15, 0.2) is 59.2 Å². The van der Waals surface area contributed by atoms with Crippen molar-refractivity contribution in [2.24, 2.45) is 0 Å². The first-order valence-corrected chi connectivity index (χ1v) is 9.68. The topological polar surface area (TPSA) is 58.1 Å². The quantitative estimate of drug-likeness (QED) is 0.596. The molecule has 3 aromatic rings. The highest BCUT2D eigenvalue weighted by atomic mass is 79.9. The molecule has 0 bridgehead atoms. The van der Waals surface area contributed by atoms with Gasteiger partial charge in [-0.05, 0) is 42.5 Å². The second-order valence-electron chi connectivity index (χ2n) is 6.28. The minimum absolute atomic E-state index is 0.125. The van der Waals surface area contributed by atoms with Gasteiger partial charge < -0.3 is 10.2 Å². The Labute approximate surface area is 170 Å². The molecule has 1 aromatic heterocycles. The Hall–Kier alpha value is -2.44. The van der Waals surface area contributed by atoms with Crippen molar-refractivity contribution in [2.75, 3.05) is 11.9 Å². The molecule has 1 N–H and O–H groups in total. The van der Waals surface area contributed by atoms with Crippen LogP contribution in [-0.4, -0.2) is 27.4 Å². The maximum absolute atomic E-state index is 12.6. The Balaban J connectivity index is 1.48. The van der Waals surface area contributed by atoms with Gasteiger partial charge in [0.1, 0.15) is 0 Å². The molecule has 0 saturated carbocycles. The van der Waals surface area contributed by atoms with Crippen molar-refractivity contribution in [3.8, 4) is 11.4 Å². The Morgan fingerprint density at radius 3 is 2.78 bits per heavy atom. The number of fused-ring (bicyclic) bond motifs is 1. The van der Waals surface area contributed by atoms with Crippen LogP contribution in [0, 0.1) is 0 Å². The van der Waals surface area contributed by atoms with Crippen LogP contribution < -0.4 is 5.32 Å². The van der Waals surface area contributed by atoms with E-state index >= 15 is 0 Å². The number of anilines is 1. The molecule has 7 heteroatoms. The van der Waals surface area contributed by atoms with Crippen molar-refractivity contribution in [3.05, 3.63) is 75.5 Å². The van der Waals surface area contributed by atoms with Gasteiger partial charge in [-0.1, -0.05) is 33.6 Å². The maximum atomic E-state index is 12.6. The normalized spacial score (nSPS) is 13.2. The number of hydrogen-bond acceptors (Lipinski definition) is 3. The number of hydrogen-bond donors (Lipinski definition) is 1. The number of nitrogens with one attached hydrogen (secondary N) is 1. The fourth-order valence-electron chi connectivity index (χ4n) is 3.00.